The lowest BCUT2D eigenvalue weighted by molar-refractivity contribution is 0.0940. The molecule has 23 heavy (non-hydrogen) atoms. The Labute approximate surface area is 138 Å². The molecule has 0 unspecified atom stereocenters. The molecular weight excluding hydrogens is 312 g/mol. The lowest BCUT2D eigenvalue weighted by atomic mass is 10.2. The summed E-state index contributed by atoms with van der Waals surface area (Å²) in [6.45, 7) is 3.41. The summed E-state index contributed by atoms with van der Waals surface area (Å²) in [4.78, 5) is 24.8. The van der Waals surface area contributed by atoms with Crippen LogP contribution in [0.3, 0.4) is 0 Å². The second kappa shape index (κ2) is 6.62. The number of rotatable bonds is 5. The van der Waals surface area contributed by atoms with E-state index in [-0.39, 0.29) is 17.7 Å². The highest BCUT2D eigenvalue weighted by atomic mass is 32.1. The molecule has 1 saturated carbocycles. The maximum Gasteiger partial charge on any atom is 0.261 e. The van der Waals surface area contributed by atoms with Gasteiger partial charge in [0.25, 0.3) is 5.91 Å². The van der Waals surface area contributed by atoms with Crippen LogP contribution in [-0.2, 0) is 0 Å². The summed E-state index contributed by atoms with van der Waals surface area (Å²) >= 11 is 1.21. The average Bonchev–Trinajstić information content (AvgIpc) is 3.26. The maximum absolute atomic E-state index is 12.3. The molecule has 1 fully saturated rings. The summed E-state index contributed by atoms with van der Waals surface area (Å²) in [5.74, 6) is 0.577. The normalized spacial score (nSPS) is 16.4. The molecule has 3 rings (SSSR count). The van der Waals surface area contributed by atoms with E-state index in [0.29, 0.717) is 15.8 Å². The number of aromatic nitrogens is 3. The van der Waals surface area contributed by atoms with Crippen LogP contribution in [0.4, 0.5) is 0 Å². The molecule has 1 aliphatic carbocycles. The van der Waals surface area contributed by atoms with Crippen molar-refractivity contribution in [3.63, 3.8) is 0 Å². The Hall–Kier alpha value is -2.02. The zero-order valence-corrected chi connectivity index (χ0v) is 14.1. The van der Waals surface area contributed by atoms with Crippen LogP contribution in [0.2, 0.25) is 0 Å². The van der Waals surface area contributed by atoms with Crippen LogP contribution in [0, 0.1) is 0 Å². The minimum atomic E-state index is -0.228. The van der Waals surface area contributed by atoms with Crippen molar-refractivity contribution >= 4 is 23.0 Å². The number of thiophene rings is 1. The molecule has 2 aromatic heterocycles. The van der Waals surface area contributed by atoms with Gasteiger partial charge in [-0.15, -0.1) is 21.5 Å². The third-order valence-electron chi connectivity index (χ3n) is 4.23. The van der Waals surface area contributed by atoms with Crippen molar-refractivity contribution in [2.75, 3.05) is 0 Å². The number of hydrogen-bond acceptors (Lipinski definition) is 5. The van der Waals surface area contributed by atoms with Gasteiger partial charge < -0.3 is 9.88 Å². The van der Waals surface area contributed by atoms with Gasteiger partial charge in [-0.1, -0.05) is 12.8 Å². The predicted octanol–water partition coefficient (Wildman–Crippen LogP) is 3.15. The smallest absolute Gasteiger partial charge is 0.261 e. The summed E-state index contributed by atoms with van der Waals surface area (Å²) in [5, 5.41) is 11.2. The van der Waals surface area contributed by atoms with Gasteiger partial charge in [-0.05, 0) is 38.8 Å². The first-order valence-electron chi connectivity index (χ1n) is 7.87. The van der Waals surface area contributed by atoms with Gasteiger partial charge in [0.05, 0.1) is 15.8 Å². The first-order valence-corrected chi connectivity index (χ1v) is 8.69. The SMILES string of the molecule is CC(=O)c1ccc(C(=O)N[C@H](C)c2nncn2C2CCCC2)s1. The van der Waals surface area contributed by atoms with Gasteiger partial charge in [0.1, 0.15) is 6.33 Å². The summed E-state index contributed by atoms with van der Waals surface area (Å²) in [5.41, 5.74) is 0. The second-order valence-corrected chi connectivity index (χ2v) is 7.03. The highest BCUT2D eigenvalue weighted by Crippen LogP contribution is 2.31. The van der Waals surface area contributed by atoms with Gasteiger partial charge in [-0.3, -0.25) is 9.59 Å². The number of nitrogens with one attached hydrogen (secondary N) is 1. The highest BCUT2D eigenvalue weighted by Gasteiger charge is 2.24. The van der Waals surface area contributed by atoms with E-state index in [1.54, 1.807) is 18.5 Å². The Balaban J connectivity index is 1.71. The Bertz CT molecular complexity index is 715. The number of Topliss-reactive ketones (excluding diaryl/α,β-unsaturated/α-hetero) is 1. The minimum absolute atomic E-state index is 0.0249. The number of ketones is 1. The standard InChI is InChI=1S/C16H20N4O2S/c1-10(15-19-17-9-20(15)12-5-3-4-6-12)18-16(22)14-8-7-13(23-14)11(2)21/h7-10,12H,3-6H2,1-2H3,(H,18,22)/t10-/m1/s1. The fourth-order valence-electron chi connectivity index (χ4n) is 3.01. The highest BCUT2D eigenvalue weighted by molar-refractivity contribution is 7.15. The molecule has 1 amide bonds. The molecule has 1 atom stereocenters. The molecule has 0 radical (unpaired) electrons. The minimum Gasteiger partial charge on any atom is -0.342 e. The van der Waals surface area contributed by atoms with Gasteiger partial charge in [-0.2, -0.15) is 0 Å². The zero-order valence-electron chi connectivity index (χ0n) is 13.3. The summed E-state index contributed by atoms with van der Waals surface area (Å²) in [6, 6.07) is 3.58. The topological polar surface area (TPSA) is 76.9 Å². The zero-order chi connectivity index (χ0) is 16.4. The van der Waals surface area contributed by atoms with Crippen LogP contribution in [0.25, 0.3) is 0 Å². The number of amides is 1. The lowest BCUT2D eigenvalue weighted by Crippen LogP contribution is -2.28. The van der Waals surface area contributed by atoms with Crippen molar-refractivity contribution in [2.24, 2.45) is 0 Å². The first-order chi connectivity index (χ1) is 11.1. The van der Waals surface area contributed by atoms with E-state index >= 15 is 0 Å². The molecule has 1 aliphatic rings. The summed E-state index contributed by atoms with van der Waals surface area (Å²) in [7, 11) is 0. The molecule has 2 heterocycles. The predicted molar refractivity (Wildman–Crippen MR) is 87.7 cm³/mol. The Morgan fingerprint density at radius 2 is 2.00 bits per heavy atom. The van der Waals surface area contributed by atoms with Crippen molar-refractivity contribution in [2.45, 2.75) is 51.6 Å². The number of hydrogen-bond donors (Lipinski definition) is 1. The van der Waals surface area contributed by atoms with Gasteiger partial charge in [0.2, 0.25) is 0 Å². The molecule has 0 spiro atoms. The monoisotopic (exact) mass is 332 g/mol. The van der Waals surface area contributed by atoms with Crippen LogP contribution in [0.15, 0.2) is 18.5 Å². The summed E-state index contributed by atoms with van der Waals surface area (Å²) in [6.07, 6.45) is 6.49. The molecule has 0 aliphatic heterocycles. The van der Waals surface area contributed by atoms with Crippen LogP contribution >= 0.6 is 11.3 Å². The molecule has 0 aromatic carbocycles. The fraction of sp³-hybridized carbons (Fsp3) is 0.500. The third kappa shape index (κ3) is 3.34. The molecular formula is C16H20N4O2S. The first kappa shape index (κ1) is 15.9. The molecule has 7 heteroatoms. The van der Waals surface area contributed by atoms with Crippen molar-refractivity contribution in [1.82, 2.24) is 20.1 Å². The molecule has 122 valence electrons. The van der Waals surface area contributed by atoms with E-state index in [4.69, 9.17) is 0 Å². The average molecular weight is 332 g/mol. The second-order valence-electron chi connectivity index (χ2n) is 5.95. The van der Waals surface area contributed by atoms with E-state index < -0.39 is 0 Å². The van der Waals surface area contributed by atoms with Gasteiger partial charge in [-0.25, -0.2) is 0 Å². The Morgan fingerprint density at radius 1 is 1.30 bits per heavy atom. The molecule has 0 saturated heterocycles. The van der Waals surface area contributed by atoms with Crippen LogP contribution in [0.1, 0.15) is 76.8 Å². The molecule has 0 bridgehead atoms. The number of carbonyl (C=O) groups is 2. The molecule has 1 N–H and O–H groups in total. The third-order valence-corrected chi connectivity index (χ3v) is 5.42. The van der Waals surface area contributed by atoms with Crippen molar-refractivity contribution in [1.29, 1.82) is 0 Å². The number of nitrogens with zero attached hydrogens (tertiary/aromatic N) is 3. The van der Waals surface area contributed by atoms with Crippen LogP contribution in [0.5, 0.6) is 0 Å². The van der Waals surface area contributed by atoms with Gasteiger partial charge in [0.15, 0.2) is 11.6 Å². The maximum atomic E-state index is 12.3. The summed E-state index contributed by atoms with van der Waals surface area (Å²) < 4.78 is 2.09. The van der Waals surface area contributed by atoms with Crippen LogP contribution in [-0.4, -0.2) is 26.5 Å². The van der Waals surface area contributed by atoms with E-state index in [1.165, 1.54) is 31.1 Å². The van der Waals surface area contributed by atoms with Crippen LogP contribution < -0.4 is 5.32 Å². The van der Waals surface area contributed by atoms with Gasteiger partial charge >= 0.3 is 0 Å². The lowest BCUT2D eigenvalue weighted by Gasteiger charge is -2.18. The Morgan fingerprint density at radius 3 is 2.65 bits per heavy atom. The van der Waals surface area contributed by atoms with E-state index in [1.807, 2.05) is 6.92 Å². The molecule has 6 nitrogen and oxygen atoms in total. The van der Waals surface area contributed by atoms with Crippen molar-refractivity contribution in [3.8, 4) is 0 Å². The Kier molecular flexibility index (Phi) is 4.56. The fourth-order valence-corrected chi connectivity index (χ4v) is 3.81. The quantitative estimate of drug-likeness (QED) is 0.853. The van der Waals surface area contributed by atoms with Crippen molar-refractivity contribution < 1.29 is 9.59 Å². The van der Waals surface area contributed by atoms with E-state index in [9.17, 15) is 9.59 Å². The van der Waals surface area contributed by atoms with Crippen molar-refractivity contribution in [3.05, 3.63) is 34.0 Å². The number of carbonyl (C=O) groups excluding carboxylic acids is 2. The molecule has 2 aromatic rings. The van der Waals surface area contributed by atoms with E-state index in [2.05, 4.69) is 20.1 Å². The van der Waals surface area contributed by atoms with E-state index in [0.717, 1.165) is 18.7 Å². The largest absolute Gasteiger partial charge is 0.342 e. The van der Waals surface area contributed by atoms with Gasteiger partial charge in [0, 0.05) is 6.04 Å².